The number of nitrogens with one attached hydrogen (secondary N) is 1. The van der Waals surface area contributed by atoms with Gasteiger partial charge in [-0.05, 0) is 79.9 Å². The standard InChI is InChI=1S/C27H29FN6O4S/c1-27(2)33-25(29)32-26(30)34(27)20-11-7-17(8-12-20)15-23(18-5-4-6-21(16-18)38-3)24(35)31-19-9-13-22(14-10-19)39(28,36)37/h4-14,16,23H,15H2,1-3H3,(H,31,35)(H4,29,30,32,33). The minimum absolute atomic E-state index is 0.110. The number of benzene rings is 3. The van der Waals surface area contributed by atoms with Crippen LogP contribution in [0.4, 0.5) is 15.3 Å². The Bertz CT molecular complexity index is 1540. The van der Waals surface area contributed by atoms with Crippen LogP contribution in [0.25, 0.3) is 0 Å². The summed E-state index contributed by atoms with van der Waals surface area (Å²) in [4.78, 5) is 23.2. The molecule has 12 heteroatoms. The van der Waals surface area contributed by atoms with Crippen molar-refractivity contribution in [2.75, 3.05) is 17.3 Å². The molecule has 0 saturated carbocycles. The SMILES string of the molecule is COc1cccc(C(Cc2ccc(N3C(N)=NC(N)=NC3(C)C)cc2)C(=O)Nc2ccc(S(=O)(=O)F)cc2)c1. The van der Waals surface area contributed by atoms with Gasteiger partial charge in [-0.15, -0.1) is 3.89 Å². The van der Waals surface area contributed by atoms with Crippen molar-refractivity contribution in [2.24, 2.45) is 21.5 Å². The quantitative estimate of drug-likeness (QED) is 0.362. The van der Waals surface area contributed by atoms with E-state index in [9.17, 15) is 17.1 Å². The number of hydrogen-bond acceptors (Lipinski definition) is 9. The molecule has 1 aliphatic rings. The molecule has 0 aromatic heterocycles. The van der Waals surface area contributed by atoms with Crippen LogP contribution in [-0.4, -0.2) is 39.0 Å². The molecule has 204 valence electrons. The van der Waals surface area contributed by atoms with Crippen molar-refractivity contribution in [3.8, 4) is 5.75 Å². The number of nitrogens with zero attached hydrogens (tertiary/aromatic N) is 3. The molecule has 3 aromatic rings. The summed E-state index contributed by atoms with van der Waals surface area (Å²) in [6.07, 6.45) is 0.342. The van der Waals surface area contributed by atoms with E-state index in [2.05, 4.69) is 15.3 Å². The number of guanidine groups is 2. The van der Waals surface area contributed by atoms with E-state index in [1.165, 1.54) is 12.1 Å². The number of carbonyl (C=O) groups is 1. The summed E-state index contributed by atoms with van der Waals surface area (Å²) in [6.45, 7) is 3.74. The van der Waals surface area contributed by atoms with Crippen molar-refractivity contribution in [1.82, 2.24) is 0 Å². The molecule has 1 aliphatic heterocycles. The molecule has 4 rings (SSSR count). The molecule has 39 heavy (non-hydrogen) atoms. The van der Waals surface area contributed by atoms with E-state index < -0.39 is 26.7 Å². The Labute approximate surface area is 226 Å². The maximum Gasteiger partial charge on any atom is 0.332 e. The third-order valence-electron chi connectivity index (χ3n) is 6.24. The fourth-order valence-electron chi connectivity index (χ4n) is 4.42. The smallest absolute Gasteiger partial charge is 0.332 e. The predicted molar refractivity (Wildman–Crippen MR) is 149 cm³/mol. The molecule has 1 heterocycles. The Hall–Kier alpha value is -4.45. The second-order valence-corrected chi connectivity index (χ2v) is 10.8. The molecular formula is C27H29FN6O4S. The summed E-state index contributed by atoms with van der Waals surface area (Å²) in [5.41, 5.74) is 13.9. The van der Waals surface area contributed by atoms with E-state index in [-0.39, 0.29) is 17.8 Å². The highest BCUT2D eigenvalue weighted by Crippen LogP contribution is 2.30. The maximum atomic E-state index is 13.5. The summed E-state index contributed by atoms with van der Waals surface area (Å²) in [5.74, 6) is -0.0291. The van der Waals surface area contributed by atoms with Crippen molar-refractivity contribution < 1.29 is 21.8 Å². The molecule has 0 radical (unpaired) electrons. The molecule has 10 nitrogen and oxygen atoms in total. The van der Waals surface area contributed by atoms with Crippen LogP contribution < -0.4 is 26.4 Å². The summed E-state index contributed by atoms with van der Waals surface area (Å²) < 4.78 is 40.8. The van der Waals surface area contributed by atoms with Crippen molar-refractivity contribution >= 4 is 39.4 Å². The van der Waals surface area contributed by atoms with E-state index in [4.69, 9.17) is 16.2 Å². The number of rotatable bonds is 8. The van der Waals surface area contributed by atoms with Gasteiger partial charge in [0, 0.05) is 11.4 Å². The highest BCUT2D eigenvalue weighted by atomic mass is 32.3. The lowest BCUT2D eigenvalue weighted by molar-refractivity contribution is -0.117. The highest BCUT2D eigenvalue weighted by molar-refractivity contribution is 7.86. The summed E-state index contributed by atoms with van der Waals surface area (Å²) in [6, 6.07) is 19.6. The summed E-state index contributed by atoms with van der Waals surface area (Å²) >= 11 is 0. The van der Waals surface area contributed by atoms with Gasteiger partial charge in [-0.1, -0.05) is 24.3 Å². The number of methoxy groups -OCH3 is 1. The lowest BCUT2D eigenvalue weighted by Crippen LogP contribution is -2.54. The maximum absolute atomic E-state index is 13.5. The van der Waals surface area contributed by atoms with Crippen LogP contribution in [0.3, 0.4) is 0 Å². The molecule has 3 aromatic carbocycles. The zero-order valence-electron chi connectivity index (χ0n) is 21.6. The fraction of sp³-hybridized carbons (Fsp3) is 0.222. The third kappa shape index (κ3) is 6.34. The van der Waals surface area contributed by atoms with Crippen LogP contribution in [-0.2, 0) is 21.4 Å². The summed E-state index contributed by atoms with van der Waals surface area (Å²) in [5, 5.41) is 2.80. The van der Waals surface area contributed by atoms with Gasteiger partial charge in [0.1, 0.15) is 11.4 Å². The average molecular weight is 553 g/mol. The Morgan fingerprint density at radius 1 is 1.08 bits per heavy atom. The molecule has 0 saturated heterocycles. The molecule has 5 N–H and O–H groups in total. The molecule has 0 aliphatic carbocycles. The first-order valence-electron chi connectivity index (χ1n) is 12.0. The minimum atomic E-state index is -4.84. The Morgan fingerprint density at radius 3 is 2.33 bits per heavy atom. The number of halogens is 1. The Morgan fingerprint density at radius 2 is 1.74 bits per heavy atom. The number of amides is 1. The molecule has 0 bridgehead atoms. The molecular weight excluding hydrogens is 523 g/mol. The molecule has 0 fully saturated rings. The van der Waals surface area contributed by atoms with Crippen LogP contribution in [0, 0.1) is 0 Å². The first-order valence-corrected chi connectivity index (χ1v) is 13.3. The van der Waals surface area contributed by atoms with Gasteiger partial charge < -0.3 is 21.5 Å². The van der Waals surface area contributed by atoms with Crippen molar-refractivity contribution in [1.29, 1.82) is 0 Å². The molecule has 1 amide bonds. The van der Waals surface area contributed by atoms with Crippen LogP contribution in [0.5, 0.6) is 5.75 Å². The van der Waals surface area contributed by atoms with Crippen LogP contribution in [0.15, 0.2) is 87.7 Å². The normalized spacial score (nSPS) is 15.6. The fourth-order valence-corrected chi connectivity index (χ4v) is 4.88. The van der Waals surface area contributed by atoms with Gasteiger partial charge in [0.05, 0.1) is 17.9 Å². The lowest BCUT2D eigenvalue weighted by Gasteiger charge is -2.38. The predicted octanol–water partition coefficient (Wildman–Crippen LogP) is 3.50. The van der Waals surface area contributed by atoms with Crippen molar-refractivity contribution in [3.63, 3.8) is 0 Å². The largest absolute Gasteiger partial charge is 0.497 e. The second kappa shape index (κ2) is 10.7. The third-order valence-corrected chi connectivity index (χ3v) is 7.08. The van der Waals surface area contributed by atoms with Gasteiger partial charge in [0.25, 0.3) is 0 Å². The van der Waals surface area contributed by atoms with Gasteiger partial charge in [0.2, 0.25) is 17.8 Å². The Balaban J connectivity index is 1.60. The Kier molecular flexibility index (Phi) is 7.59. The van der Waals surface area contributed by atoms with Crippen molar-refractivity contribution in [2.45, 2.75) is 36.7 Å². The topological polar surface area (TPSA) is 152 Å². The van der Waals surface area contributed by atoms with Gasteiger partial charge >= 0.3 is 10.2 Å². The summed E-state index contributed by atoms with van der Waals surface area (Å²) in [7, 11) is -3.30. The van der Waals surface area contributed by atoms with E-state index in [0.717, 1.165) is 28.9 Å². The number of hydrogen-bond donors (Lipinski definition) is 3. The van der Waals surface area contributed by atoms with Crippen molar-refractivity contribution in [3.05, 3.63) is 83.9 Å². The first kappa shape index (κ1) is 27.6. The van der Waals surface area contributed by atoms with E-state index in [1.807, 2.05) is 44.2 Å². The molecule has 0 spiro atoms. The number of anilines is 2. The zero-order chi connectivity index (χ0) is 28.4. The van der Waals surface area contributed by atoms with Gasteiger partial charge in [-0.3, -0.25) is 9.69 Å². The number of nitrogens with two attached hydrogens (primary N) is 2. The van der Waals surface area contributed by atoms with Gasteiger partial charge in [0.15, 0.2) is 0 Å². The number of carbonyl (C=O) groups excluding carboxylic acids is 1. The van der Waals surface area contributed by atoms with Crippen LogP contribution in [0.1, 0.15) is 30.9 Å². The zero-order valence-corrected chi connectivity index (χ0v) is 22.4. The van der Waals surface area contributed by atoms with Gasteiger partial charge in [-0.25, -0.2) is 4.99 Å². The monoisotopic (exact) mass is 552 g/mol. The second-order valence-electron chi connectivity index (χ2n) is 9.42. The van der Waals surface area contributed by atoms with Gasteiger partial charge in [-0.2, -0.15) is 13.4 Å². The molecule has 1 unspecified atom stereocenters. The number of ether oxygens (including phenoxy) is 1. The first-order chi connectivity index (χ1) is 18.4. The van der Waals surface area contributed by atoms with E-state index in [1.54, 1.807) is 30.2 Å². The van der Waals surface area contributed by atoms with Crippen LogP contribution >= 0.6 is 0 Å². The van der Waals surface area contributed by atoms with Crippen LogP contribution in [0.2, 0.25) is 0 Å². The van der Waals surface area contributed by atoms with E-state index >= 15 is 0 Å². The minimum Gasteiger partial charge on any atom is -0.497 e. The highest BCUT2D eigenvalue weighted by Gasteiger charge is 2.33. The molecule has 1 atom stereocenters. The number of aliphatic imine (C=N–C) groups is 2. The average Bonchev–Trinajstić information content (AvgIpc) is 2.86. The lowest BCUT2D eigenvalue weighted by atomic mass is 9.90. The van der Waals surface area contributed by atoms with E-state index in [0.29, 0.717) is 17.9 Å².